The summed E-state index contributed by atoms with van der Waals surface area (Å²) < 4.78 is 6.02. The largest absolute Gasteiger partial charge is 0.477 e. The van der Waals surface area contributed by atoms with Crippen molar-refractivity contribution in [1.82, 2.24) is 4.90 Å². The summed E-state index contributed by atoms with van der Waals surface area (Å²) in [6.45, 7) is 8.01. The van der Waals surface area contributed by atoms with Gasteiger partial charge in [-0.25, -0.2) is 4.79 Å². The zero-order valence-electron chi connectivity index (χ0n) is 13.8. The molecule has 2 aliphatic rings. The van der Waals surface area contributed by atoms with Gasteiger partial charge in [0.15, 0.2) is 8.32 Å². The van der Waals surface area contributed by atoms with Crippen LogP contribution in [0.4, 0.5) is 0 Å². The fourth-order valence-electron chi connectivity index (χ4n) is 3.13. The van der Waals surface area contributed by atoms with E-state index in [4.69, 9.17) is 9.53 Å². The van der Waals surface area contributed by atoms with Crippen molar-refractivity contribution in [3.05, 3.63) is 22.1 Å². The van der Waals surface area contributed by atoms with E-state index in [2.05, 4.69) is 19.6 Å². The molecule has 1 fully saturated rings. The van der Waals surface area contributed by atoms with Crippen LogP contribution < -0.4 is 0 Å². The monoisotopic (exact) mass is 357 g/mol. The van der Waals surface area contributed by atoms with E-state index in [1.54, 1.807) is 11.5 Å². The molecule has 0 aromatic heterocycles. The lowest BCUT2D eigenvalue weighted by Gasteiger charge is -2.46. The first-order chi connectivity index (χ1) is 10.7. The Morgan fingerprint density at radius 3 is 2.70 bits per heavy atom. The number of hydrogen-bond donors (Lipinski definition) is 2. The van der Waals surface area contributed by atoms with Gasteiger partial charge in [-0.15, -0.1) is 11.8 Å². The molecule has 2 rings (SSSR count). The van der Waals surface area contributed by atoms with Crippen molar-refractivity contribution in [2.24, 2.45) is 5.92 Å². The Kier molecular flexibility index (Phi) is 5.39. The second-order valence-corrected chi connectivity index (χ2v) is 12.2. The minimum absolute atomic E-state index is 0.0732. The SMILES string of the molecule is C[C@H](O[Si](C)(C)C)[C@@H]1C(=O)N2C(C(=O)O)=C(SC=CCO)C[C@H]12. The number of aliphatic hydroxyl groups is 1. The fraction of sp³-hybridized carbons (Fsp3) is 0.600. The Balaban J connectivity index is 2.15. The van der Waals surface area contributed by atoms with E-state index in [0.29, 0.717) is 11.3 Å². The smallest absolute Gasteiger partial charge is 0.353 e. The predicted molar refractivity (Wildman–Crippen MR) is 91.1 cm³/mol. The van der Waals surface area contributed by atoms with Gasteiger partial charge in [-0.05, 0) is 32.0 Å². The van der Waals surface area contributed by atoms with Gasteiger partial charge < -0.3 is 19.5 Å². The van der Waals surface area contributed by atoms with E-state index in [1.807, 2.05) is 6.92 Å². The number of aliphatic hydroxyl groups excluding tert-OH is 1. The van der Waals surface area contributed by atoms with Crippen LogP contribution >= 0.6 is 11.8 Å². The van der Waals surface area contributed by atoms with Crippen LogP contribution in [0.2, 0.25) is 19.6 Å². The molecule has 0 radical (unpaired) electrons. The number of hydrogen-bond acceptors (Lipinski definition) is 5. The third-order valence-corrected chi connectivity index (χ3v) is 5.88. The highest BCUT2D eigenvalue weighted by Crippen LogP contribution is 2.47. The van der Waals surface area contributed by atoms with Crippen LogP contribution in [-0.2, 0) is 14.0 Å². The summed E-state index contributed by atoms with van der Waals surface area (Å²) in [5, 5.41) is 19.9. The highest BCUT2D eigenvalue weighted by atomic mass is 32.2. The Labute approximate surface area is 141 Å². The molecule has 0 saturated carbocycles. The molecular weight excluding hydrogens is 334 g/mol. The van der Waals surface area contributed by atoms with Crippen LogP contribution in [0, 0.1) is 5.92 Å². The van der Waals surface area contributed by atoms with E-state index in [1.165, 1.54) is 16.7 Å². The summed E-state index contributed by atoms with van der Waals surface area (Å²) in [5.41, 5.74) is 0.0732. The van der Waals surface area contributed by atoms with Gasteiger partial charge in [0.05, 0.1) is 24.7 Å². The highest BCUT2D eigenvalue weighted by molar-refractivity contribution is 8.05. The van der Waals surface area contributed by atoms with Crippen molar-refractivity contribution in [3.63, 3.8) is 0 Å². The number of carboxylic acid groups (broad SMARTS) is 1. The van der Waals surface area contributed by atoms with Crippen molar-refractivity contribution in [2.75, 3.05) is 6.61 Å². The maximum absolute atomic E-state index is 12.5. The summed E-state index contributed by atoms with van der Waals surface area (Å²) in [4.78, 5) is 26.0. The first-order valence-electron chi connectivity index (χ1n) is 7.57. The van der Waals surface area contributed by atoms with Gasteiger partial charge in [-0.3, -0.25) is 4.79 Å². The molecule has 6 nitrogen and oxygen atoms in total. The predicted octanol–water partition coefficient (Wildman–Crippen LogP) is 1.99. The van der Waals surface area contributed by atoms with Crippen LogP contribution in [0.3, 0.4) is 0 Å². The van der Waals surface area contributed by atoms with Crippen LogP contribution in [0.25, 0.3) is 0 Å². The molecule has 0 spiro atoms. The number of amides is 1. The molecule has 2 heterocycles. The molecule has 1 saturated heterocycles. The number of thioether (sulfide) groups is 1. The van der Waals surface area contributed by atoms with Gasteiger partial charge in [0, 0.05) is 11.3 Å². The number of carbonyl (C=O) groups is 2. The summed E-state index contributed by atoms with van der Waals surface area (Å²) in [6.07, 6.45) is 1.86. The Hall–Kier alpha value is -1.09. The Bertz CT molecular complexity index is 569. The summed E-state index contributed by atoms with van der Waals surface area (Å²) in [6, 6.07) is -0.134. The summed E-state index contributed by atoms with van der Waals surface area (Å²) >= 11 is 1.25. The number of carbonyl (C=O) groups excluding carboxylic acids is 1. The van der Waals surface area contributed by atoms with Crippen molar-refractivity contribution >= 4 is 32.0 Å². The van der Waals surface area contributed by atoms with Gasteiger partial charge in [0.1, 0.15) is 5.70 Å². The average molecular weight is 358 g/mol. The van der Waals surface area contributed by atoms with Gasteiger partial charge in [-0.2, -0.15) is 0 Å². The van der Waals surface area contributed by atoms with Crippen molar-refractivity contribution in [1.29, 1.82) is 0 Å². The van der Waals surface area contributed by atoms with Crippen molar-refractivity contribution in [2.45, 2.75) is 45.1 Å². The second-order valence-electron chi connectivity index (χ2n) is 6.69. The normalized spacial score (nSPS) is 25.8. The van der Waals surface area contributed by atoms with Crippen molar-refractivity contribution < 1.29 is 24.2 Å². The van der Waals surface area contributed by atoms with Crippen LogP contribution in [0.5, 0.6) is 0 Å². The summed E-state index contributed by atoms with van der Waals surface area (Å²) in [7, 11) is -1.77. The third-order valence-electron chi connectivity index (χ3n) is 3.83. The molecule has 8 heteroatoms. The minimum atomic E-state index is -1.77. The molecule has 0 aliphatic carbocycles. The second kappa shape index (κ2) is 6.80. The molecule has 0 aromatic carbocycles. The van der Waals surface area contributed by atoms with E-state index < -0.39 is 14.3 Å². The standard InChI is InChI=1S/C15H23NO5SSi/c1-9(21-23(2,3)4)12-10-8-11(22-7-5-6-17)13(15(19)20)16(10)14(12)18/h5,7,9-10,12,17H,6,8H2,1-4H3,(H,19,20)/t9-,10+,12-/m0/s1. The first-order valence-corrected chi connectivity index (χ1v) is 11.9. The van der Waals surface area contributed by atoms with Crippen LogP contribution in [-0.4, -0.2) is 54.1 Å². The van der Waals surface area contributed by atoms with Crippen LogP contribution in [0.15, 0.2) is 22.1 Å². The Morgan fingerprint density at radius 1 is 1.52 bits per heavy atom. The van der Waals surface area contributed by atoms with Crippen molar-refractivity contribution in [3.8, 4) is 0 Å². The van der Waals surface area contributed by atoms with E-state index in [-0.39, 0.29) is 36.3 Å². The molecule has 3 atom stereocenters. The number of nitrogens with zero attached hydrogens (tertiary/aromatic N) is 1. The molecule has 0 unspecified atom stereocenters. The van der Waals surface area contributed by atoms with E-state index in [9.17, 15) is 14.7 Å². The molecule has 0 bridgehead atoms. The zero-order valence-corrected chi connectivity index (χ0v) is 15.6. The van der Waals surface area contributed by atoms with Gasteiger partial charge in [0.25, 0.3) is 0 Å². The lowest BCUT2D eigenvalue weighted by Crippen LogP contribution is -2.63. The molecular formula is C15H23NO5SSi. The van der Waals surface area contributed by atoms with E-state index >= 15 is 0 Å². The number of β-lactam (4-membered cyclic amide) rings is 1. The highest BCUT2D eigenvalue weighted by Gasteiger charge is 2.57. The fourth-order valence-corrected chi connectivity index (χ4v) is 5.30. The molecule has 2 N–H and O–H groups in total. The zero-order chi connectivity index (χ0) is 17.4. The Morgan fingerprint density at radius 2 is 2.17 bits per heavy atom. The number of fused-ring (bicyclic) bond motifs is 1. The number of rotatable bonds is 7. The lowest BCUT2D eigenvalue weighted by atomic mass is 9.83. The summed E-state index contributed by atoms with van der Waals surface area (Å²) in [5.74, 6) is -1.53. The first kappa shape index (κ1) is 18.2. The number of aliphatic carboxylic acids is 1. The van der Waals surface area contributed by atoms with Gasteiger partial charge in [-0.1, -0.05) is 6.08 Å². The maximum Gasteiger partial charge on any atom is 0.353 e. The molecule has 2 aliphatic heterocycles. The average Bonchev–Trinajstić information content (AvgIpc) is 2.71. The maximum atomic E-state index is 12.5. The van der Waals surface area contributed by atoms with Gasteiger partial charge >= 0.3 is 5.97 Å². The topological polar surface area (TPSA) is 87.1 Å². The van der Waals surface area contributed by atoms with E-state index in [0.717, 1.165) is 0 Å². The molecule has 1 amide bonds. The minimum Gasteiger partial charge on any atom is -0.477 e. The van der Waals surface area contributed by atoms with Gasteiger partial charge in [0.2, 0.25) is 5.91 Å². The molecule has 128 valence electrons. The third kappa shape index (κ3) is 3.71. The molecule has 23 heavy (non-hydrogen) atoms. The molecule has 0 aromatic rings. The number of carboxylic acids is 1. The lowest BCUT2D eigenvalue weighted by molar-refractivity contribution is -0.160. The quantitative estimate of drug-likeness (QED) is 0.535. The van der Waals surface area contributed by atoms with Crippen LogP contribution in [0.1, 0.15) is 13.3 Å².